The van der Waals surface area contributed by atoms with Gasteiger partial charge in [-0.3, -0.25) is 4.79 Å². The predicted molar refractivity (Wildman–Crippen MR) is 149 cm³/mol. The van der Waals surface area contributed by atoms with Gasteiger partial charge in [0.25, 0.3) is 0 Å². The monoisotopic (exact) mass is 536 g/mol. The summed E-state index contributed by atoms with van der Waals surface area (Å²) in [5.41, 5.74) is 2.70. The highest BCUT2D eigenvalue weighted by Gasteiger charge is 2.29. The number of esters is 1. The number of allylic oxidation sites excluding steroid dienone is 1. The summed E-state index contributed by atoms with van der Waals surface area (Å²) >= 11 is 5.95. The maximum atomic E-state index is 13.6. The Morgan fingerprint density at radius 2 is 1.69 bits per heavy atom. The fraction of sp³-hybridized carbons (Fsp3) is 0.0625. The summed E-state index contributed by atoms with van der Waals surface area (Å²) in [5.74, 6) is 0.856. The number of hydrogen-bond acceptors (Lipinski definition) is 6. The van der Waals surface area contributed by atoms with Gasteiger partial charge in [0.1, 0.15) is 34.2 Å². The summed E-state index contributed by atoms with van der Waals surface area (Å²) < 4.78 is 23.4. The van der Waals surface area contributed by atoms with E-state index in [1.807, 2.05) is 37.3 Å². The van der Waals surface area contributed by atoms with E-state index in [4.69, 9.17) is 30.2 Å². The van der Waals surface area contributed by atoms with Crippen LogP contribution in [0.1, 0.15) is 33.2 Å². The van der Waals surface area contributed by atoms with E-state index in [1.54, 1.807) is 60.7 Å². The highest BCUT2D eigenvalue weighted by atomic mass is 35.5. The molecule has 1 aliphatic heterocycles. The molecule has 0 spiro atoms. The van der Waals surface area contributed by atoms with Crippen molar-refractivity contribution in [2.75, 3.05) is 6.61 Å². The van der Waals surface area contributed by atoms with E-state index in [9.17, 15) is 9.59 Å². The number of furan rings is 1. The molecule has 192 valence electrons. The minimum Gasteiger partial charge on any atom is -0.494 e. The molecule has 6 rings (SSSR count). The van der Waals surface area contributed by atoms with Crippen LogP contribution in [0, 0.1) is 0 Å². The zero-order valence-electron chi connectivity index (χ0n) is 20.8. The van der Waals surface area contributed by atoms with Crippen LogP contribution in [0.2, 0.25) is 5.02 Å². The molecule has 7 heteroatoms. The lowest BCUT2D eigenvalue weighted by Crippen LogP contribution is -2.09. The number of carbonyl (C=O) groups excluding carboxylic acids is 2. The van der Waals surface area contributed by atoms with Crippen LogP contribution in [0.3, 0.4) is 0 Å². The van der Waals surface area contributed by atoms with Crippen molar-refractivity contribution in [2.45, 2.75) is 6.92 Å². The highest BCUT2D eigenvalue weighted by Crippen LogP contribution is 2.38. The standard InChI is InChI=1S/C32H21ClO6/c1-2-36-22-13-15-26-25(17-22)29(31(39-26)20-6-4-3-5-7-20)32(35)37-23-12-14-24-27(18-23)38-28(30(24)34)16-19-8-10-21(33)11-9-19/h3-18H,2H2,1H3. The van der Waals surface area contributed by atoms with Gasteiger partial charge in [-0.25, -0.2) is 4.79 Å². The SMILES string of the molecule is CCOc1ccc2oc(-c3ccccc3)c(C(=O)Oc3ccc4c(c3)OC(=Cc3ccc(Cl)cc3)C4=O)c2c1. The van der Waals surface area contributed by atoms with Gasteiger partial charge in [-0.15, -0.1) is 0 Å². The summed E-state index contributed by atoms with van der Waals surface area (Å²) in [6.45, 7) is 2.37. The number of Topliss-reactive ketones (excluding diaryl/α,β-unsaturated/α-hetero) is 1. The molecule has 0 amide bonds. The molecule has 5 aromatic rings. The molecule has 6 nitrogen and oxygen atoms in total. The van der Waals surface area contributed by atoms with Crippen LogP contribution in [0.15, 0.2) is 101 Å². The van der Waals surface area contributed by atoms with E-state index < -0.39 is 5.97 Å². The fourth-order valence-electron chi connectivity index (χ4n) is 4.43. The Morgan fingerprint density at radius 1 is 0.923 bits per heavy atom. The third-order valence-electron chi connectivity index (χ3n) is 6.23. The van der Waals surface area contributed by atoms with Gasteiger partial charge in [-0.1, -0.05) is 54.1 Å². The molecule has 0 saturated heterocycles. The molecule has 4 aromatic carbocycles. The Bertz CT molecular complexity index is 1750. The zero-order chi connectivity index (χ0) is 26.9. The van der Waals surface area contributed by atoms with E-state index in [0.29, 0.717) is 45.4 Å². The van der Waals surface area contributed by atoms with Crippen molar-refractivity contribution < 1.29 is 28.2 Å². The Kier molecular flexibility index (Phi) is 6.39. The molecular weight excluding hydrogens is 516 g/mol. The minimum atomic E-state index is -0.609. The maximum Gasteiger partial charge on any atom is 0.348 e. The average molecular weight is 537 g/mol. The largest absolute Gasteiger partial charge is 0.494 e. The van der Waals surface area contributed by atoms with Crippen LogP contribution in [-0.2, 0) is 0 Å². The van der Waals surface area contributed by atoms with Gasteiger partial charge in [0, 0.05) is 22.0 Å². The van der Waals surface area contributed by atoms with Crippen LogP contribution in [0.5, 0.6) is 17.2 Å². The molecule has 1 aliphatic rings. The lowest BCUT2D eigenvalue weighted by Gasteiger charge is -2.07. The summed E-state index contributed by atoms with van der Waals surface area (Å²) in [4.78, 5) is 26.5. The molecule has 0 N–H and O–H groups in total. The van der Waals surface area contributed by atoms with Gasteiger partial charge in [0.15, 0.2) is 5.76 Å². The molecule has 2 heterocycles. The number of rotatable bonds is 6. The van der Waals surface area contributed by atoms with Crippen molar-refractivity contribution in [3.8, 4) is 28.6 Å². The molecule has 1 aromatic heterocycles. The quantitative estimate of drug-likeness (QED) is 0.124. The van der Waals surface area contributed by atoms with Crippen molar-refractivity contribution in [2.24, 2.45) is 0 Å². The molecule has 39 heavy (non-hydrogen) atoms. The fourth-order valence-corrected chi connectivity index (χ4v) is 4.55. The summed E-state index contributed by atoms with van der Waals surface area (Å²) in [6, 6.07) is 26.4. The van der Waals surface area contributed by atoms with Crippen molar-refractivity contribution >= 4 is 40.4 Å². The summed E-state index contributed by atoms with van der Waals surface area (Å²) in [7, 11) is 0. The molecule has 0 bridgehead atoms. The third kappa shape index (κ3) is 4.78. The zero-order valence-corrected chi connectivity index (χ0v) is 21.5. The van der Waals surface area contributed by atoms with Crippen molar-refractivity contribution in [3.63, 3.8) is 0 Å². The van der Waals surface area contributed by atoms with Crippen molar-refractivity contribution in [3.05, 3.63) is 118 Å². The Labute approximate surface area is 229 Å². The van der Waals surface area contributed by atoms with E-state index >= 15 is 0 Å². The minimum absolute atomic E-state index is 0.173. The van der Waals surface area contributed by atoms with Gasteiger partial charge >= 0.3 is 5.97 Å². The lowest BCUT2D eigenvalue weighted by molar-refractivity contribution is 0.0736. The molecule has 0 atom stereocenters. The lowest BCUT2D eigenvalue weighted by atomic mass is 10.1. The third-order valence-corrected chi connectivity index (χ3v) is 6.48. The molecule has 0 unspecified atom stereocenters. The van der Waals surface area contributed by atoms with Gasteiger partial charge in [0.05, 0.1) is 12.2 Å². The number of ketones is 1. The van der Waals surface area contributed by atoms with Gasteiger partial charge in [-0.05, 0) is 61.0 Å². The number of ether oxygens (including phenoxy) is 3. The average Bonchev–Trinajstić information content (AvgIpc) is 3.47. The van der Waals surface area contributed by atoms with E-state index in [2.05, 4.69) is 0 Å². The van der Waals surface area contributed by atoms with Crippen LogP contribution in [-0.4, -0.2) is 18.4 Å². The number of fused-ring (bicyclic) bond motifs is 2. The molecule has 0 aliphatic carbocycles. The molecule has 0 radical (unpaired) electrons. The first-order valence-electron chi connectivity index (χ1n) is 12.3. The molecule has 0 saturated carbocycles. The van der Waals surface area contributed by atoms with E-state index in [0.717, 1.165) is 11.1 Å². The van der Waals surface area contributed by atoms with E-state index in [-0.39, 0.29) is 22.9 Å². The Morgan fingerprint density at radius 3 is 2.46 bits per heavy atom. The Hall–Kier alpha value is -4.81. The highest BCUT2D eigenvalue weighted by molar-refractivity contribution is 6.30. The number of halogens is 1. The summed E-state index contributed by atoms with van der Waals surface area (Å²) in [6.07, 6.45) is 1.64. The molecule has 0 fully saturated rings. The number of benzene rings is 4. The number of hydrogen-bond donors (Lipinski definition) is 0. The Balaban J connectivity index is 1.33. The van der Waals surface area contributed by atoms with Crippen LogP contribution < -0.4 is 14.2 Å². The second-order valence-corrected chi connectivity index (χ2v) is 9.24. The van der Waals surface area contributed by atoms with Crippen molar-refractivity contribution in [1.82, 2.24) is 0 Å². The first kappa shape index (κ1) is 24.5. The predicted octanol–water partition coefficient (Wildman–Crippen LogP) is 7.99. The first-order chi connectivity index (χ1) is 19.0. The normalized spacial score (nSPS) is 13.4. The second-order valence-electron chi connectivity index (χ2n) is 8.80. The smallest absolute Gasteiger partial charge is 0.348 e. The van der Waals surface area contributed by atoms with Gasteiger partial charge in [-0.2, -0.15) is 0 Å². The van der Waals surface area contributed by atoms with Crippen LogP contribution >= 0.6 is 11.6 Å². The van der Waals surface area contributed by atoms with Gasteiger partial charge in [0.2, 0.25) is 5.78 Å². The van der Waals surface area contributed by atoms with E-state index in [1.165, 1.54) is 6.07 Å². The molecular formula is C32H21ClO6. The number of carbonyl (C=O) groups is 2. The maximum absolute atomic E-state index is 13.6. The second kappa shape index (κ2) is 10.2. The van der Waals surface area contributed by atoms with Crippen LogP contribution in [0.4, 0.5) is 0 Å². The topological polar surface area (TPSA) is 75.0 Å². The van der Waals surface area contributed by atoms with Crippen molar-refractivity contribution in [1.29, 1.82) is 0 Å². The van der Waals surface area contributed by atoms with Crippen LogP contribution in [0.25, 0.3) is 28.4 Å². The summed E-state index contributed by atoms with van der Waals surface area (Å²) in [5, 5.41) is 1.17. The van der Waals surface area contributed by atoms with Gasteiger partial charge < -0.3 is 18.6 Å². The first-order valence-corrected chi connectivity index (χ1v) is 12.7.